The van der Waals surface area contributed by atoms with Crippen LogP contribution in [0.4, 0.5) is 4.79 Å². The molecule has 11 nitrogen and oxygen atoms in total. The minimum atomic E-state index is -0.566. The lowest BCUT2D eigenvalue weighted by Gasteiger charge is -2.19. The molecular weight excluding hydrogens is 696 g/mol. The number of fused-ring (bicyclic) bond motifs is 1. The molecule has 0 spiro atoms. The van der Waals surface area contributed by atoms with Gasteiger partial charge in [-0.1, -0.05) is 56.1 Å². The Hall–Kier alpha value is -3.97. The van der Waals surface area contributed by atoms with Crippen molar-refractivity contribution in [3.63, 3.8) is 0 Å². The van der Waals surface area contributed by atoms with Crippen molar-refractivity contribution < 1.29 is 23.9 Å². The number of nitrogens with one attached hydrogen (secondary N) is 2. The first-order valence-electron chi connectivity index (χ1n) is 14.0. The van der Waals surface area contributed by atoms with E-state index in [-0.39, 0.29) is 24.9 Å². The van der Waals surface area contributed by atoms with Crippen LogP contribution in [-0.4, -0.2) is 62.4 Å². The van der Waals surface area contributed by atoms with Crippen molar-refractivity contribution in [3.05, 3.63) is 81.5 Å². The number of alkyl carbamates (subject to hydrolysis) is 1. The van der Waals surface area contributed by atoms with Crippen LogP contribution in [0.3, 0.4) is 0 Å². The zero-order chi connectivity index (χ0) is 31.9. The number of hydrogen-bond donors (Lipinski definition) is 2. The number of amides is 2. The Balaban J connectivity index is 0.000000221. The zero-order valence-electron chi connectivity index (χ0n) is 24.9. The lowest BCUT2D eigenvalue weighted by Crippen LogP contribution is -2.35. The van der Waals surface area contributed by atoms with Crippen molar-refractivity contribution in [1.29, 1.82) is 0 Å². The van der Waals surface area contributed by atoms with Crippen LogP contribution in [0.15, 0.2) is 69.9 Å². The Bertz CT molecular complexity index is 1610. The molecule has 1 aliphatic heterocycles. The molecule has 2 N–H and O–H groups in total. The summed E-state index contributed by atoms with van der Waals surface area (Å²) in [6.45, 7) is 9.49. The number of benzene rings is 2. The fraction of sp³-hybridized carbons (Fsp3) is 0.323. The Morgan fingerprint density at radius 1 is 0.955 bits per heavy atom. The predicted octanol–water partition coefficient (Wildman–Crippen LogP) is 6.07. The summed E-state index contributed by atoms with van der Waals surface area (Å²) in [6, 6.07) is 15.5. The first-order valence-corrected chi connectivity index (χ1v) is 15.6. The van der Waals surface area contributed by atoms with Gasteiger partial charge < -0.3 is 29.2 Å². The Morgan fingerprint density at radius 3 is 2.09 bits per heavy atom. The van der Waals surface area contributed by atoms with Gasteiger partial charge >= 0.3 is 12.1 Å². The van der Waals surface area contributed by atoms with Gasteiger partial charge in [-0.2, -0.15) is 0 Å². The fourth-order valence-electron chi connectivity index (χ4n) is 4.19. The molecule has 0 saturated carbocycles. The molecule has 4 aromatic rings. The Labute approximate surface area is 272 Å². The highest BCUT2D eigenvalue weighted by atomic mass is 79.9. The van der Waals surface area contributed by atoms with E-state index in [1.54, 1.807) is 38.5 Å². The van der Waals surface area contributed by atoms with Crippen molar-refractivity contribution >= 4 is 49.8 Å². The molecule has 0 aliphatic carbocycles. The van der Waals surface area contributed by atoms with Crippen LogP contribution in [0.2, 0.25) is 0 Å². The SMILES string of the molecule is CCOC(=O)c1nc(-c2ccc(Br)cc2)cn1CCNC(=O)OC(C)(C)C.O=C1NCCn2cc(-c3ccc(Br)cc3)nc21. The topological polar surface area (TPSA) is 129 Å². The maximum atomic E-state index is 12.2. The number of nitrogens with zero attached hydrogens (tertiary/aromatic N) is 4. The number of imidazole rings is 2. The minimum Gasteiger partial charge on any atom is -0.460 e. The van der Waals surface area contributed by atoms with Gasteiger partial charge in [0.25, 0.3) is 5.91 Å². The molecule has 0 fully saturated rings. The van der Waals surface area contributed by atoms with Gasteiger partial charge in [0.05, 0.1) is 18.0 Å². The Kier molecular flexibility index (Phi) is 11.0. The Morgan fingerprint density at radius 2 is 1.55 bits per heavy atom. The number of rotatable bonds is 7. The monoisotopic (exact) mass is 728 g/mol. The van der Waals surface area contributed by atoms with Crippen LogP contribution in [-0.2, 0) is 22.6 Å². The maximum absolute atomic E-state index is 12.2. The van der Waals surface area contributed by atoms with Gasteiger partial charge in [0, 0.05) is 58.6 Å². The van der Waals surface area contributed by atoms with Gasteiger partial charge in [0.1, 0.15) is 5.60 Å². The summed E-state index contributed by atoms with van der Waals surface area (Å²) >= 11 is 6.79. The van der Waals surface area contributed by atoms with Crippen LogP contribution in [0.1, 0.15) is 48.9 Å². The standard InChI is InChI=1S/C19H24BrN3O4.C12H10BrN3O/c1-5-26-17(24)16-22-15(13-6-8-14(20)9-7-13)12-23(16)11-10-21-18(25)27-19(2,3)4;13-9-3-1-8(2-4-9)10-7-16-6-5-14-12(17)11(16)15-10/h6-9,12H,5,10-11H2,1-4H3,(H,21,25);1-4,7H,5-6H2,(H,14,17). The molecule has 2 aromatic carbocycles. The third-order valence-electron chi connectivity index (χ3n) is 6.15. The molecule has 0 bridgehead atoms. The average Bonchev–Trinajstić information content (AvgIpc) is 3.59. The third kappa shape index (κ3) is 9.02. The molecule has 2 aromatic heterocycles. The molecule has 44 heavy (non-hydrogen) atoms. The van der Waals surface area contributed by atoms with Gasteiger partial charge in [0.2, 0.25) is 5.82 Å². The highest BCUT2D eigenvalue weighted by Gasteiger charge is 2.21. The van der Waals surface area contributed by atoms with E-state index in [0.29, 0.717) is 24.6 Å². The third-order valence-corrected chi connectivity index (χ3v) is 7.21. The van der Waals surface area contributed by atoms with E-state index in [1.165, 1.54) is 0 Å². The van der Waals surface area contributed by atoms with Crippen molar-refractivity contribution in [3.8, 4) is 22.5 Å². The number of esters is 1. The molecule has 232 valence electrons. The second kappa shape index (κ2) is 14.7. The van der Waals surface area contributed by atoms with E-state index in [2.05, 4.69) is 52.5 Å². The van der Waals surface area contributed by atoms with Gasteiger partial charge in [-0.05, 0) is 52.0 Å². The highest BCUT2D eigenvalue weighted by molar-refractivity contribution is 9.10. The first-order chi connectivity index (χ1) is 20.9. The summed E-state index contributed by atoms with van der Waals surface area (Å²) < 4.78 is 15.9. The molecule has 0 radical (unpaired) electrons. The molecule has 0 unspecified atom stereocenters. The smallest absolute Gasteiger partial charge is 0.407 e. The van der Waals surface area contributed by atoms with E-state index in [9.17, 15) is 14.4 Å². The van der Waals surface area contributed by atoms with Crippen molar-refractivity contribution in [2.45, 2.75) is 46.4 Å². The van der Waals surface area contributed by atoms with Crippen LogP contribution >= 0.6 is 31.9 Å². The number of hydrogen-bond acceptors (Lipinski definition) is 7. The molecule has 0 atom stereocenters. The van der Waals surface area contributed by atoms with Crippen molar-refractivity contribution in [2.24, 2.45) is 0 Å². The van der Waals surface area contributed by atoms with E-state index in [0.717, 1.165) is 32.3 Å². The van der Waals surface area contributed by atoms with Gasteiger partial charge in [-0.15, -0.1) is 0 Å². The second-order valence-corrected chi connectivity index (χ2v) is 12.5. The van der Waals surface area contributed by atoms with Crippen LogP contribution in [0, 0.1) is 0 Å². The lowest BCUT2D eigenvalue weighted by molar-refractivity contribution is 0.0506. The predicted molar refractivity (Wildman–Crippen MR) is 173 cm³/mol. The number of halogens is 2. The first kappa shape index (κ1) is 32.9. The van der Waals surface area contributed by atoms with E-state index >= 15 is 0 Å². The summed E-state index contributed by atoms with van der Waals surface area (Å²) in [6.07, 6.45) is 3.19. The molecule has 13 heteroatoms. The fourth-order valence-corrected chi connectivity index (χ4v) is 4.72. The molecule has 0 saturated heterocycles. The molecule has 1 aliphatic rings. The van der Waals surface area contributed by atoms with E-state index in [4.69, 9.17) is 9.47 Å². The van der Waals surface area contributed by atoms with Crippen molar-refractivity contribution in [1.82, 2.24) is 29.7 Å². The number of carbonyl (C=O) groups is 3. The molecule has 5 rings (SSSR count). The summed E-state index contributed by atoms with van der Waals surface area (Å²) in [5.41, 5.74) is 2.82. The van der Waals surface area contributed by atoms with Gasteiger partial charge in [-0.3, -0.25) is 4.79 Å². The lowest BCUT2D eigenvalue weighted by atomic mass is 10.2. The van der Waals surface area contributed by atoms with E-state index < -0.39 is 17.7 Å². The van der Waals surface area contributed by atoms with Gasteiger partial charge in [-0.25, -0.2) is 19.6 Å². The number of ether oxygens (including phenoxy) is 2. The second-order valence-electron chi connectivity index (χ2n) is 10.7. The maximum Gasteiger partial charge on any atom is 0.407 e. The summed E-state index contributed by atoms with van der Waals surface area (Å²) in [5, 5.41) is 5.46. The number of aromatic nitrogens is 4. The van der Waals surface area contributed by atoms with Crippen LogP contribution in [0.25, 0.3) is 22.5 Å². The normalized spacial score (nSPS) is 12.4. The average molecular weight is 730 g/mol. The van der Waals surface area contributed by atoms with Gasteiger partial charge in [0.15, 0.2) is 5.82 Å². The van der Waals surface area contributed by atoms with Crippen molar-refractivity contribution in [2.75, 3.05) is 19.7 Å². The number of carbonyl (C=O) groups excluding carboxylic acids is 3. The summed E-state index contributed by atoms with van der Waals surface area (Å²) in [5.74, 6) is 0.0904. The molecule has 3 heterocycles. The largest absolute Gasteiger partial charge is 0.460 e. The quantitative estimate of drug-likeness (QED) is 0.221. The minimum absolute atomic E-state index is 0.0976. The summed E-state index contributed by atoms with van der Waals surface area (Å²) in [7, 11) is 0. The van der Waals surface area contributed by atoms with Crippen LogP contribution < -0.4 is 10.6 Å². The molecular formula is C31H34Br2N6O5. The molecule has 2 amide bonds. The zero-order valence-corrected chi connectivity index (χ0v) is 28.1. The highest BCUT2D eigenvalue weighted by Crippen LogP contribution is 2.23. The van der Waals surface area contributed by atoms with E-state index in [1.807, 2.05) is 59.3 Å². The summed E-state index contributed by atoms with van der Waals surface area (Å²) in [4.78, 5) is 44.4. The van der Waals surface area contributed by atoms with Crippen LogP contribution in [0.5, 0.6) is 0 Å².